The van der Waals surface area contributed by atoms with Crippen LogP contribution >= 0.6 is 0 Å². The van der Waals surface area contributed by atoms with E-state index in [1.165, 1.54) is 0 Å². The quantitative estimate of drug-likeness (QED) is 0.338. The van der Waals surface area contributed by atoms with Gasteiger partial charge >= 0.3 is 35.5 Å². The first-order chi connectivity index (χ1) is 4.33. The number of aliphatic carboxylic acids is 1. The van der Waals surface area contributed by atoms with Crippen LogP contribution in [-0.4, -0.2) is 53.6 Å². The molecule has 0 heterocycles. The second kappa shape index (κ2) is 4.89. The van der Waals surface area contributed by atoms with Gasteiger partial charge in [0.25, 0.3) is 10.1 Å². The van der Waals surface area contributed by atoms with Crippen molar-refractivity contribution in [2.75, 3.05) is 0 Å². The Morgan fingerprint density at radius 1 is 1.45 bits per heavy atom. The SMILES string of the molecule is CC(=CS(=O)(=O)O)C(=O)O.[NaH]. The minimum absolute atomic E-state index is 0. The van der Waals surface area contributed by atoms with E-state index in [0.717, 1.165) is 6.92 Å². The number of rotatable bonds is 2. The molecule has 0 fully saturated rings. The molecule has 60 valence electrons. The van der Waals surface area contributed by atoms with E-state index in [0.29, 0.717) is 0 Å². The van der Waals surface area contributed by atoms with Gasteiger partial charge < -0.3 is 5.11 Å². The summed E-state index contributed by atoms with van der Waals surface area (Å²) in [5.74, 6) is -1.38. The van der Waals surface area contributed by atoms with Crippen molar-refractivity contribution in [2.45, 2.75) is 6.92 Å². The van der Waals surface area contributed by atoms with Gasteiger partial charge in [0.1, 0.15) is 0 Å². The van der Waals surface area contributed by atoms with Crippen LogP contribution in [0.4, 0.5) is 0 Å². The summed E-state index contributed by atoms with van der Waals surface area (Å²) in [6.07, 6.45) is 0. The van der Waals surface area contributed by atoms with Crippen LogP contribution in [0, 0.1) is 0 Å². The van der Waals surface area contributed by atoms with E-state index in [1.54, 1.807) is 0 Å². The van der Waals surface area contributed by atoms with Crippen LogP contribution in [-0.2, 0) is 14.9 Å². The fourth-order valence-electron chi connectivity index (χ4n) is 0.274. The Bertz CT molecular complexity index is 264. The van der Waals surface area contributed by atoms with Gasteiger partial charge in [-0.15, -0.1) is 0 Å². The predicted molar refractivity (Wildman–Crippen MR) is 40.1 cm³/mol. The first-order valence-electron chi connectivity index (χ1n) is 2.22. The molecule has 2 N–H and O–H groups in total. The Kier molecular flexibility index (Phi) is 6.09. The van der Waals surface area contributed by atoms with Crippen LogP contribution < -0.4 is 0 Å². The van der Waals surface area contributed by atoms with Crippen LogP contribution in [0.5, 0.6) is 0 Å². The van der Waals surface area contributed by atoms with Gasteiger partial charge in [-0.25, -0.2) is 4.79 Å². The molecule has 0 unspecified atom stereocenters. The molecule has 0 aromatic rings. The molecule has 0 amide bonds. The van der Waals surface area contributed by atoms with Crippen molar-refractivity contribution in [1.82, 2.24) is 0 Å². The summed E-state index contributed by atoms with van der Waals surface area (Å²) < 4.78 is 28.0. The molecule has 0 saturated carbocycles. The van der Waals surface area contributed by atoms with Crippen LogP contribution in [0.1, 0.15) is 6.92 Å². The standard InChI is InChI=1S/C4H6O5S.Na.H/c1-3(4(5)6)2-10(7,8)9;;/h2H,1H3,(H,5,6)(H,7,8,9);;. The average Bonchev–Trinajstić information content (AvgIpc) is 1.60. The van der Waals surface area contributed by atoms with E-state index in [9.17, 15) is 13.2 Å². The van der Waals surface area contributed by atoms with Gasteiger partial charge in [-0.2, -0.15) is 8.42 Å². The van der Waals surface area contributed by atoms with E-state index in [1.807, 2.05) is 0 Å². The summed E-state index contributed by atoms with van der Waals surface area (Å²) in [5.41, 5.74) is -0.428. The van der Waals surface area contributed by atoms with E-state index < -0.39 is 21.7 Å². The van der Waals surface area contributed by atoms with Crippen molar-refractivity contribution >= 4 is 45.6 Å². The van der Waals surface area contributed by atoms with Crippen molar-refractivity contribution < 1.29 is 22.9 Å². The van der Waals surface area contributed by atoms with Crippen molar-refractivity contribution in [3.63, 3.8) is 0 Å². The molecule has 0 bridgehead atoms. The van der Waals surface area contributed by atoms with Gasteiger partial charge in [0, 0.05) is 5.57 Å². The average molecular weight is 190 g/mol. The van der Waals surface area contributed by atoms with Gasteiger partial charge in [-0.3, -0.25) is 4.55 Å². The third-order valence-corrected chi connectivity index (χ3v) is 1.31. The zero-order valence-electron chi connectivity index (χ0n) is 5.10. The fourth-order valence-corrected chi connectivity index (χ4v) is 0.821. The van der Waals surface area contributed by atoms with Gasteiger partial charge in [0.15, 0.2) is 0 Å². The molecule has 0 aromatic carbocycles. The monoisotopic (exact) mass is 190 g/mol. The van der Waals surface area contributed by atoms with E-state index in [4.69, 9.17) is 9.66 Å². The first-order valence-corrected chi connectivity index (χ1v) is 3.72. The van der Waals surface area contributed by atoms with Crippen molar-refractivity contribution in [1.29, 1.82) is 0 Å². The molecule has 0 rings (SSSR count). The van der Waals surface area contributed by atoms with Crippen molar-refractivity contribution in [3.05, 3.63) is 11.0 Å². The van der Waals surface area contributed by atoms with E-state index >= 15 is 0 Å². The van der Waals surface area contributed by atoms with Gasteiger partial charge in [-0.05, 0) is 6.92 Å². The summed E-state index contributed by atoms with van der Waals surface area (Å²) in [5, 5.41) is 8.37. The predicted octanol–water partition coefficient (Wildman–Crippen LogP) is -0.786. The third kappa shape index (κ3) is 8.02. The molecule has 11 heavy (non-hydrogen) atoms. The number of carbonyl (C=O) groups is 1. The molecule has 0 saturated heterocycles. The maximum atomic E-state index is 9.96. The van der Waals surface area contributed by atoms with Crippen molar-refractivity contribution in [3.8, 4) is 0 Å². The molecule has 0 atom stereocenters. The number of hydrogen-bond donors (Lipinski definition) is 2. The summed E-state index contributed by atoms with van der Waals surface area (Å²) in [4.78, 5) is 9.93. The molecule has 0 aliphatic rings. The summed E-state index contributed by atoms with van der Waals surface area (Å²) in [7, 11) is -4.31. The number of carboxylic acid groups (broad SMARTS) is 1. The van der Waals surface area contributed by atoms with E-state index in [2.05, 4.69) is 0 Å². The molecule has 0 aromatic heterocycles. The van der Waals surface area contributed by atoms with Gasteiger partial charge in [-0.1, -0.05) is 0 Å². The van der Waals surface area contributed by atoms with Crippen LogP contribution in [0.25, 0.3) is 0 Å². The van der Waals surface area contributed by atoms with Crippen LogP contribution in [0.2, 0.25) is 0 Å². The Morgan fingerprint density at radius 2 is 1.82 bits per heavy atom. The zero-order valence-corrected chi connectivity index (χ0v) is 5.92. The third-order valence-electron chi connectivity index (χ3n) is 0.663. The topological polar surface area (TPSA) is 91.7 Å². The normalized spacial score (nSPS) is 12.0. The minimum atomic E-state index is -4.31. The molecule has 0 aliphatic carbocycles. The second-order valence-corrected chi connectivity index (χ2v) is 2.89. The Labute approximate surface area is 86.1 Å². The van der Waals surface area contributed by atoms with Gasteiger partial charge in [0.05, 0.1) is 5.41 Å². The molecular weight excluding hydrogens is 183 g/mol. The van der Waals surface area contributed by atoms with Crippen LogP contribution in [0.15, 0.2) is 11.0 Å². The molecule has 7 heteroatoms. The second-order valence-electron chi connectivity index (χ2n) is 1.62. The molecule has 0 radical (unpaired) electrons. The number of hydrogen-bond acceptors (Lipinski definition) is 3. The molecule has 0 aliphatic heterocycles. The Morgan fingerprint density at radius 3 is 1.91 bits per heavy atom. The Hall–Kier alpha value is 0.120. The summed E-state index contributed by atoms with van der Waals surface area (Å²) in [6.45, 7) is 1.07. The van der Waals surface area contributed by atoms with E-state index in [-0.39, 0.29) is 35.0 Å². The molecule has 5 nitrogen and oxygen atoms in total. The van der Waals surface area contributed by atoms with Gasteiger partial charge in [0.2, 0.25) is 0 Å². The molecular formula is C4H7NaO5S. The van der Waals surface area contributed by atoms with Crippen molar-refractivity contribution in [2.24, 2.45) is 0 Å². The van der Waals surface area contributed by atoms with Crippen LogP contribution in [0.3, 0.4) is 0 Å². The first kappa shape index (κ1) is 13.7. The zero-order chi connectivity index (χ0) is 8.36. The fraction of sp³-hybridized carbons (Fsp3) is 0.250. The summed E-state index contributed by atoms with van der Waals surface area (Å²) in [6, 6.07) is 0. The Balaban J connectivity index is 0. The summed E-state index contributed by atoms with van der Waals surface area (Å²) >= 11 is 0. The maximum absolute atomic E-state index is 9.96. The number of carboxylic acids is 1. The molecule has 0 spiro atoms.